The van der Waals surface area contributed by atoms with Gasteiger partial charge in [-0.05, 0) is 25.0 Å². The second kappa shape index (κ2) is 6.14. The monoisotopic (exact) mass is 279 g/mol. The van der Waals surface area contributed by atoms with Crippen molar-refractivity contribution in [1.29, 1.82) is 0 Å². The smallest absolute Gasteiger partial charge is 0.107 e. The summed E-state index contributed by atoms with van der Waals surface area (Å²) < 4.78 is 1.83. The molecule has 0 spiro atoms. The molecule has 0 bridgehead atoms. The summed E-state index contributed by atoms with van der Waals surface area (Å²) >= 11 is 6.24. The predicted molar refractivity (Wildman–Crippen MR) is 75.7 cm³/mol. The molecule has 0 aliphatic carbocycles. The van der Waals surface area contributed by atoms with E-state index in [2.05, 4.69) is 22.4 Å². The number of aryl methyl sites for hydroxylation is 2. The summed E-state index contributed by atoms with van der Waals surface area (Å²) in [6.07, 6.45) is 4.29. The average molecular weight is 280 g/mol. The molecule has 0 saturated carbocycles. The lowest BCUT2D eigenvalue weighted by molar-refractivity contribution is 0.532. The molecular formula is C13H18ClN5. The van der Waals surface area contributed by atoms with E-state index in [9.17, 15) is 0 Å². The highest BCUT2D eigenvalue weighted by molar-refractivity contribution is 6.31. The molecule has 102 valence electrons. The maximum Gasteiger partial charge on any atom is 0.107 e. The Bertz CT molecular complexity index is 552. The third kappa shape index (κ3) is 2.63. The molecule has 6 heteroatoms. The highest BCUT2D eigenvalue weighted by Crippen LogP contribution is 2.28. The maximum atomic E-state index is 6.24. The molecule has 19 heavy (non-hydrogen) atoms. The number of nitrogens with one attached hydrogen (secondary N) is 1. The number of hydrogen-bond donors (Lipinski definition) is 2. The molecule has 3 N–H and O–H groups in total. The predicted octanol–water partition coefficient (Wildman–Crippen LogP) is 2.07. The number of halogens is 1. The van der Waals surface area contributed by atoms with E-state index in [1.165, 1.54) is 0 Å². The van der Waals surface area contributed by atoms with Gasteiger partial charge in [0.1, 0.15) is 6.04 Å². The lowest BCUT2D eigenvalue weighted by atomic mass is 10.0. The Morgan fingerprint density at radius 2 is 2.26 bits per heavy atom. The maximum absolute atomic E-state index is 6.24. The number of hydrazine groups is 1. The van der Waals surface area contributed by atoms with Crippen molar-refractivity contribution in [1.82, 2.24) is 20.2 Å². The fourth-order valence-electron chi connectivity index (χ4n) is 2.21. The Morgan fingerprint density at radius 3 is 2.89 bits per heavy atom. The zero-order valence-electron chi connectivity index (χ0n) is 11.1. The van der Waals surface area contributed by atoms with Crippen LogP contribution in [0.4, 0.5) is 0 Å². The van der Waals surface area contributed by atoms with Crippen LogP contribution in [0.1, 0.15) is 36.8 Å². The van der Waals surface area contributed by atoms with Crippen LogP contribution in [-0.4, -0.2) is 14.8 Å². The van der Waals surface area contributed by atoms with Crippen LogP contribution in [0.2, 0.25) is 5.02 Å². The first-order valence-corrected chi connectivity index (χ1v) is 6.71. The van der Waals surface area contributed by atoms with Crippen LogP contribution in [0.25, 0.3) is 0 Å². The largest absolute Gasteiger partial charge is 0.270 e. The Kier molecular flexibility index (Phi) is 4.52. The van der Waals surface area contributed by atoms with Crippen molar-refractivity contribution in [3.05, 3.63) is 46.5 Å². The lowest BCUT2D eigenvalue weighted by Gasteiger charge is -2.19. The summed E-state index contributed by atoms with van der Waals surface area (Å²) in [5.74, 6) is 5.72. The highest BCUT2D eigenvalue weighted by Gasteiger charge is 2.23. The van der Waals surface area contributed by atoms with Crippen molar-refractivity contribution in [2.75, 3.05) is 0 Å². The fraction of sp³-hybridized carbons (Fsp3) is 0.385. The summed E-state index contributed by atoms with van der Waals surface area (Å²) in [5.41, 5.74) is 5.69. The van der Waals surface area contributed by atoms with Crippen molar-refractivity contribution >= 4 is 11.6 Å². The van der Waals surface area contributed by atoms with E-state index in [1.54, 1.807) is 12.4 Å². The van der Waals surface area contributed by atoms with E-state index < -0.39 is 0 Å². The SMILES string of the molecule is CCc1cccnc1C(NN)c1c(Cl)cnn1CC. The van der Waals surface area contributed by atoms with Gasteiger partial charge in [0.05, 0.1) is 22.6 Å². The quantitative estimate of drug-likeness (QED) is 0.649. The Labute approximate surface area is 117 Å². The van der Waals surface area contributed by atoms with Gasteiger partial charge in [0.25, 0.3) is 0 Å². The minimum atomic E-state index is -0.258. The van der Waals surface area contributed by atoms with E-state index in [1.807, 2.05) is 23.7 Å². The summed E-state index contributed by atoms with van der Waals surface area (Å²) in [5, 5.41) is 4.84. The fourth-order valence-corrected chi connectivity index (χ4v) is 2.46. The first-order chi connectivity index (χ1) is 9.22. The molecule has 1 atom stereocenters. The number of hydrogen-bond acceptors (Lipinski definition) is 4. The first kappa shape index (κ1) is 14.0. The van der Waals surface area contributed by atoms with E-state index in [0.29, 0.717) is 5.02 Å². The molecular weight excluding hydrogens is 262 g/mol. The average Bonchev–Trinajstić information content (AvgIpc) is 2.82. The number of pyridine rings is 1. The lowest BCUT2D eigenvalue weighted by Crippen LogP contribution is -2.32. The van der Waals surface area contributed by atoms with Gasteiger partial charge >= 0.3 is 0 Å². The molecule has 2 heterocycles. The number of nitrogens with zero attached hydrogens (tertiary/aromatic N) is 3. The second-order valence-electron chi connectivity index (χ2n) is 4.19. The Morgan fingerprint density at radius 1 is 1.47 bits per heavy atom. The standard InChI is InChI=1S/C13H18ClN5/c1-3-9-6-5-7-16-11(9)12(18-15)13-10(14)8-17-19(13)4-2/h5-8,12,18H,3-4,15H2,1-2H3. The van der Waals surface area contributed by atoms with Crippen LogP contribution < -0.4 is 11.3 Å². The van der Waals surface area contributed by atoms with E-state index in [-0.39, 0.29) is 6.04 Å². The van der Waals surface area contributed by atoms with Crippen LogP contribution in [0.5, 0.6) is 0 Å². The van der Waals surface area contributed by atoms with Crippen molar-refractivity contribution in [3.63, 3.8) is 0 Å². The molecule has 2 rings (SSSR count). The van der Waals surface area contributed by atoms with Gasteiger partial charge in [-0.15, -0.1) is 0 Å². The van der Waals surface area contributed by atoms with Gasteiger partial charge in [-0.1, -0.05) is 24.6 Å². The summed E-state index contributed by atoms with van der Waals surface area (Å²) in [7, 11) is 0. The van der Waals surface area contributed by atoms with Gasteiger partial charge in [-0.3, -0.25) is 15.5 Å². The minimum Gasteiger partial charge on any atom is -0.270 e. The van der Waals surface area contributed by atoms with Crippen molar-refractivity contribution in [3.8, 4) is 0 Å². The molecule has 0 saturated heterocycles. The third-order valence-electron chi connectivity index (χ3n) is 3.15. The van der Waals surface area contributed by atoms with Crippen molar-refractivity contribution in [2.24, 2.45) is 5.84 Å². The van der Waals surface area contributed by atoms with Gasteiger partial charge in [0.2, 0.25) is 0 Å². The molecule has 0 aliphatic heterocycles. The van der Waals surface area contributed by atoms with Gasteiger partial charge in [0.15, 0.2) is 0 Å². The van der Waals surface area contributed by atoms with E-state index in [4.69, 9.17) is 17.4 Å². The van der Waals surface area contributed by atoms with Crippen LogP contribution in [0, 0.1) is 0 Å². The van der Waals surface area contributed by atoms with Gasteiger partial charge in [0, 0.05) is 12.7 Å². The topological polar surface area (TPSA) is 68.8 Å². The molecule has 0 radical (unpaired) electrons. The molecule has 1 unspecified atom stereocenters. The van der Waals surface area contributed by atoms with Gasteiger partial charge < -0.3 is 0 Å². The molecule has 2 aromatic rings. The van der Waals surface area contributed by atoms with Gasteiger partial charge in [-0.25, -0.2) is 5.43 Å². The van der Waals surface area contributed by atoms with Crippen molar-refractivity contribution < 1.29 is 0 Å². The molecule has 0 aromatic carbocycles. The molecule has 0 amide bonds. The zero-order valence-corrected chi connectivity index (χ0v) is 11.9. The number of rotatable bonds is 5. The molecule has 0 aliphatic rings. The van der Waals surface area contributed by atoms with Crippen LogP contribution in [-0.2, 0) is 13.0 Å². The number of nitrogens with two attached hydrogens (primary N) is 1. The molecule has 2 aromatic heterocycles. The first-order valence-electron chi connectivity index (χ1n) is 6.34. The Balaban J connectivity index is 2.53. The van der Waals surface area contributed by atoms with Crippen molar-refractivity contribution in [2.45, 2.75) is 32.9 Å². The van der Waals surface area contributed by atoms with Crippen LogP contribution in [0.15, 0.2) is 24.5 Å². The summed E-state index contributed by atoms with van der Waals surface area (Å²) in [4.78, 5) is 4.45. The van der Waals surface area contributed by atoms with Gasteiger partial charge in [-0.2, -0.15) is 5.10 Å². The summed E-state index contributed by atoms with van der Waals surface area (Å²) in [6, 6.07) is 3.72. The Hall–Kier alpha value is -1.43. The minimum absolute atomic E-state index is 0.258. The zero-order chi connectivity index (χ0) is 13.8. The molecule has 5 nitrogen and oxygen atoms in total. The number of aromatic nitrogens is 3. The van der Waals surface area contributed by atoms with E-state index in [0.717, 1.165) is 29.9 Å². The highest BCUT2D eigenvalue weighted by atomic mass is 35.5. The van der Waals surface area contributed by atoms with Crippen LogP contribution >= 0.6 is 11.6 Å². The second-order valence-corrected chi connectivity index (χ2v) is 4.60. The normalized spacial score (nSPS) is 12.6. The molecule has 0 fully saturated rings. The summed E-state index contributed by atoms with van der Waals surface area (Å²) in [6.45, 7) is 4.83. The van der Waals surface area contributed by atoms with Crippen LogP contribution in [0.3, 0.4) is 0 Å². The van der Waals surface area contributed by atoms with E-state index >= 15 is 0 Å². The third-order valence-corrected chi connectivity index (χ3v) is 3.44.